The molecule has 0 saturated heterocycles. The highest BCUT2D eigenvalue weighted by molar-refractivity contribution is 8.21. The maximum atomic E-state index is 13.2. The van der Waals surface area contributed by atoms with Gasteiger partial charge in [0, 0.05) is 23.4 Å². The van der Waals surface area contributed by atoms with Crippen LogP contribution in [0, 0.1) is 0 Å². The molecule has 29 heavy (non-hydrogen) atoms. The molecule has 1 atom stereocenters. The summed E-state index contributed by atoms with van der Waals surface area (Å²) in [7, 11) is 0. The number of ether oxygens (including phenoxy) is 1. The van der Waals surface area contributed by atoms with E-state index in [4.69, 9.17) is 4.74 Å². The highest BCUT2D eigenvalue weighted by Crippen LogP contribution is 2.43. The number of aromatic nitrogens is 1. The zero-order valence-electron chi connectivity index (χ0n) is 16.0. The number of hydrogen-bond donors (Lipinski definition) is 0. The van der Waals surface area contributed by atoms with Crippen molar-refractivity contribution < 1.29 is 14.3 Å². The third-order valence-electron chi connectivity index (χ3n) is 4.66. The lowest BCUT2D eigenvalue weighted by Crippen LogP contribution is -2.44. The molecule has 0 N–H and O–H groups in total. The molecule has 0 bridgehead atoms. The van der Waals surface area contributed by atoms with E-state index in [-0.39, 0.29) is 12.5 Å². The number of benzene rings is 1. The van der Waals surface area contributed by atoms with Crippen LogP contribution in [0.3, 0.4) is 0 Å². The van der Waals surface area contributed by atoms with Gasteiger partial charge in [-0.05, 0) is 37.1 Å². The first kappa shape index (κ1) is 19.1. The van der Waals surface area contributed by atoms with Gasteiger partial charge in [-0.15, -0.1) is 0 Å². The third-order valence-corrected chi connectivity index (χ3v) is 5.70. The number of carbonyl (C=O) groups is 2. The molecule has 4 rings (SSSR count). The van der Waals surface area contributed by atoms with Gasteiger partial charge in [-0.2, -0.15) is 0 Å². The molecule has 0 spiro atoms. The Bertz CT molecular complexity index is 1050. The minimum atomic E-state index is -0.585. The highest BCUT2D eigenvalue weighted by atomic mass is 32.2. The van der Waals surface area contributed by atoms with Crippen molar-refractivity contribution in [2.24, 2.45) is 4.99 Å². The number of nitrogens with zero attached hydrogens (tertiary/aromatic N) is 3. The first-order chi connectivity index (χ1) is 14.1. The fourth-order valence-electron chi connectivity index (χ4n) is 3.38. The number of rotatable bonds is 4. The van der Waals surface area contributed by atoms with Gasteiger partial charge in [0.25, 0.3) is 5.91 Å². The summed E-state index contributed by atoms with van der Waals surface area (Å²) in [4.78, 5) is 36.9. The van der Waals surface area contributed by atoms with Crippen LogP contribution in [0.2, 0.25) is 0 Å². The van der Waals surface area contributed by atoms with Crippen LogP contribution in [-0.4, -0.2) is 33.5 Å². The Balaban J connectivity index is 1.83. The Morgan fingerprint density at radius 1 is 1.17 bits per heavy atom. The number of allylic oxidation sites excluding steroid dienone is 1. The fraction of sp³-hybridized carbons (Fsp3) is 0.182. The van der Waals surface area contributed by atoms with Crippen LogP contribution < -0.4 is 0 Å². The summed E-state index contributed by atoms with van der Waals surface area (Å²) >= 11 is 1.40. The Morgan fingerprint density at radius 2 is 1.90 bits per heavy atom. The van der Waals surface area contributed by atoms with Crippen LogP contribution in [0.25, 0.3) is 4.91 Å². The lowest BCUT2D eigenvalue weighted by molar-refractivity contribution is -0.139. The Kier molecular flexibility index (Phi) is 5.31. The van der Waals surface area contributed by atoms with Crippen LogP contribution in [0.15, 0.2) is 77.2 Å². The van der Waals surface area contributed by atoms with Crippen molar-refractivity contribution in [3.63, 3.8) is 0 Å². The highest BCUT2D eigenvalue weighted by Gasteiger charge is 2.41. The average Bonchev–Trinajstić information content (AvgIpc) is 2.74. The number of amides is 1. The largest absolute Gasteiger partial charge is 0.463 e. The van der Waals surface area contributed by atoms with Crippen molar-refractivity contribution in [3.8, 4) is 0 Å². The van der Waals surface area contributed by atoms with Gasteiger partial charge in [-0.1, -0.05) is 42.1 Å². The lowest BCUT2D eigenvalue weighted by atomic mass is 9.94. The van der Waals surface area contributed by atoms with Gasteiger partial charge in [-0.25, -0.2) is 9.79 Å². The molecule has 3 heterocycles. The Labute approximate surface area is 173 Å². The number of amidine groups is 1. The number of pyridine rings is 1. The van der Waals surface area contributed by atoms with Gasteiger partial charge in [0.2, 0.25) is 0 Å². The maximum Gasteiger partial charge on any atom is 0.338 e. The normalized spacial score (nSPS) is 18.8. The Hall–Kier alpha value is -3.19. The smallest absolute Gasteiger partial charge is 0.338 e. The summed E-state index contributed by atoms with van der Waals surface area (Å²) in [5.41, 5.74) is 2.67. The molecule has 0 fully saturated rings. The number of esters is 1. The first-order valence-electron chi connectivity index (χ1n) is 9.24. The van der Waals surface area contributed by atoms with E-state index >= 15 is 0 Å². The van der Waals surface area contributed by atoms with Crippen molar-refractivity contribution in [1.82, 2.24) is 9.88 Å². The second-order valence-electron chi connectivity index (χ2n) is 6.48. The molecule has 146 valence electrons. The zero-order valence-corrected chi connectivity index (χ0v) is 16.8. The molecule has 0 aliphatic carbocycles. The molecule has 2 aliphatic heterocycles. The van der Waals surface area contributed by atoms with Crippen LogP contribution in [0.5, 0.6) is 0 Å². The molecule has 1 aromatic heterocycles. The first-order valence-corrected chi connectivity index (χ1v) is 10.1. The van der Waals surface area contributed by atoms with Crippen LogP contribution in [-0.2, 0) is 14.3 Å². The average molecular weight is 405 g/mol. The summed E-state index contributed by atoms with van der Waals surface area (Å²) in [6.45, 7) is 3.79. The van der Waals surface area contributed by atoms with E-state index in [1.807, 2.05) is 42.5 Å². The molecule has 6 nitrogen and oxygen atoms in total. The van der Waals surface area contributed by atoms with Crippen molar-refractivity contribution in [1.29, 1.82) is 0 Å². The van der Waals surface area contributed by atoms with E-state index in [1.54, 1.807) is 37.2 Å². The summed E-state index contributed by atoms with van der Waals surface area (Å²) < 4.78 is 5.28. The lowest BCUT2D eigenvalue weighted by Gasteiger charge is -2.38. The minimum Gasteiger partial charge on any atom is -0.463 e. The van der Waals surface area contributed by atoms with Crippen molar-refractivity contribution in [2.75, 3.05) is 6.61 Å². The van der Waals surface area contributed by atoms with Crippen molar-refractivity contribution in [3.05, 3.63) is 83.3 Å². The van der Waals surface area contributed by atoms with Gasteiger partial charge >= 0.3 is 5.97 Å². The van der Waals surface area contributed by atoms with Gasteiger partial charge in [0.15, 0.2) is 5.17 Å². The minimum absolute atomic E-state index is 0.225. The topological polar surface area (TPSA) is 71.9 Å². The molecule has 2 aliphatic rings. The van der Waals surface area contributed by atoms with Gasteiger partial charge in [-0.3, -0.25) is 14.7 Å². The monoisotopic (exact) mass is 405 g/mol. The summed E-state index contributed by atoms with van der Waals surface area (Å²) in [5, 5.41) is 0.545. The Morgan fingerprint density at radius 3 is 2.59 bits per heavy atom. The number of fused-ring (bicyclic) bond motifs is 1. The molecular formula is C22H19N3O3S. The molecule has 2 aromatic rings. The van der Waals surface area contributed by atoms with Crippen molar-refractivity contribution in [2.45, 2.75) is 19.9 Å². The second kappa shape index (κ2) is 8.05. The predicted octanol–water partition coefficient (Wildman–Crippen LogP) is 3.95. The molecule has 7 heteroatoms. The van der Waals surface area contributed by atoms with Gasteiger partial charge < -0.3 is 4.74 Å². The zero-order chi connectivity index (χ0) is 20.4. The third kappa shape index (κ3) is 3.61. The van der Waals surface area contributed by atoms with E-state index < -0.39 is 12.0 Å². The summed E-state index contributed by atoms with van der Waals surface area (Å²) in [6, 6.07) is 12.6. The fourth-order valence-corrected chi connectivity index (χ4v) is 4.46. The summed E-state index contributed by atoms with van der Waals surface area (Å²) in [5.74, 6) is -0.680. The van der Waals surface area contributed by atoms with E-state index in [0.29, 0.717) is 16.4 Å². The number of hydrogen-bond acceptors (Lipinski definition) is 6. The van der Waals surface area contributed by atoms with Crippen LogP contribution in [0.1, 0.15) is 31.0 Å². The van der Waals surface area contributed by atoms with E-state index in [0.717, 1.165) is 16.0 Å². The van der Waals surface area contributed by atoms with Crippen LogP contribution in [0.4, 0.5) is 0 Å². The SMILES string of the molecule is CCOC(=O)C1=C(C)N=C2SC(c3ccncc3)=CC(=O)N2C1c1ccccc1. The van der Waals surface area contributed by atoms with E-state index in [2.05, 4.69) is 9.98 Å². The maximum absolute atomic E-state index is 13.2. The van der Waals surface area contributed by atoms with E-state index in [1.165, 1.54) is 11.8 Å². The predicted molar refractivity (Wildman–Crippen MR) is 113 cm³/mol. The van der Waals surface area contributed by atoms with E-state index in [9.17, 15) is 9.59 Å². The molecule has 0 saturated carbocycles. The second-order valence-corrected chi connectivity index (χ2v) is 7.49. The molecule has 1 amide bonds. The van der Waals surface area contributed by atoms with Crippen molar-refractivity contribution >= 4 is 33.7 Å². The molecule has 1 unspecified atom stereocenters. The summed E-state index contributed by atoms with van der Waals surface area (Å²) in [6.07, 6.45) is 4.96. The number of thioether (sulfide) groups is 1. The quantitative estimate of drug-likeness (QED) is 0.721. The standard InChI is InChI=1S/C22H19N3O3S/c1-3-28-21(27)19-14(2)24-22-25(20(19)16-7-5-4-6-8-16)18(26)13-17(29-22)15-9-11-23-12-10-15/h4-13,20H,3H2,1-2H3. The van der Waals surface area contributed by atoms with Gasteiger partial charge in [0.05, 0.1) is 23.9 Å². The van der Waals surface area contributed by atoms with Gasteiger partial charge in [0.1, 0.15) is 0 Å². The molecule has 0 radical (unpaired) electrons. The molecular weight excluding hydrogens is 386 g/mol. The number of aliphatic imine (C=N–C) groups is 1. The van der Waals surface area contributed by atoms with Crippen LogP contribution >= 0.6 is 11.8 Å². The molecule has 1 aromatic carbocycles. The number of carbonyl (C=O) groups excluding carboxylic acids is 2.